The molecule has 5 aromatic rings. The lowest BCUT2D eigenvalue weighted by molar-refractivity contribution is -0.153. The van der Waals surface area contributed by atoms with E-state index in [1.165, 1.54) is 0 Å². The maximum absolute atomic E-state index is 13.0. The Balaban J connectivity index is 1.19. The molecule has 50 heavy (non-hydrogen) atoms. The van der Waals surface area contributed by atoms with Crippen molar-refractivity contribution in [1.29, 1.82) is 0 Å². The second-order valence-corrected chi connectivity index (χ2v) is 13.8. The number of carbonyl (C=O) groups is 2. The van der Waals surface area contributed by atoms with Gasteiger partial charge in [-0.2, -0.15) is 0 Å². The van der Waals surface area contributed by atoms with Crippen molar-refractivity contribution in [3.63, 3.8) is 0 Å². The number of aromatic nitrogens is 3. The highest BCUT2D eigenvalue weighted by Gasteiger charge is 2.29. The number of pyridine rings is 1. The molecule has 2 aromatic heterocycles. The van der Waals surface area contributed by atoms with Crippen molar-refractivity contribution in [1.82, 2.24) is 19.9 Å². The van der Waals surface area contributed by atoms with E-state index in [1.54, 1.807) is 17.3 Å². The van der Waals surface area contributed by atoms with Crippen molar-refractivity contribution in [2.45, 2.75) is 65.7 Å². The van der Waals surface area contributed by atoms with Crippen molar-refractivity contribution in [2.24, 2.45) is 5.92 Å². The van der Waals surface area contributed by atoms with E-state index in [0.29, 0.717) is 41.9 Å². The number of ether oxygens (including phenoxy) is 3. The first-order chi connectivity index (χ1) is 24.0. The Morgan fingerprint density at radius 2 is 1.72 bits per heavy atom. The SMILES string of the molecule is Cc1ccc2c(CC(=O)OC(C)(C)C)cccc2c1Oc1ncccc1-c1ccnc(N[C@H]2C[C@@H](C)CN(C(=O)OCc3ccccc3)C2)n1. The van der Waals surface area contributed by atoms with Gasteiger partial charge >= 0.3 is 12.1 Å². The number of aryl methyl sites for hydroxylation is 1. The molecule has 0 bridgehead atoms. The third kappa shape index (κ3) is 8.55. The van der Waals surface area contributed by atoms with Gasteiger partial charge in [-0.05, 0) is 80.3 Å². The van der Waals surface area contributed by atoms with Gasteiger partial charge in [0.2, 0.25) is 11.8 Å². The summed E-state index contributed by atoms with van der Waals surface area (Å²) in [7, 11) is 0. The summed E-state index contributed by atoms with van der Waals surface area (Å²) in [6.45, 7) is 11.0. The van der Waals surface area contributed by atoms with Crippen LogP contribution in [0.4, 0.5) is 10.7 Å². The Morgan fingerprint density at radius 3 is 2.52 bits per heavy atom. The molecular weight excluding hydrogens is 630 g/mol. The van der Waals surface area contributed by atoms with E-state index in [9.17, 15) is 9.59 Å². The van der Waals surface area contributed by atoms with Crippen LogP contribution < -0.4 is 10.1 Å². The van der Waals surface area contributed by atoms with Crippen molar-refractivity contribution < 1.29 is 23.8 Å². The molecule has 3 aromatic carbocycles. The number of hydrogen-bond acceptors (Lipinski definition) is 9. The average Bonchev–Trinajstić information content (AvgIpc) is 3.08. The molecule has 258 valence electrons. The number of fused-ring (bicyclic) bond motifs is 1. The summed E-state index contributed by atoms with van der Waals surface area (Å²) in [5.74, 6) is 1.47. The van der Waals surface area contributed by atoms with Crippen LogP contribution in [0.3, 0.4) is 0 Å². The quantitative estimate of drug-likeness (QED) is 0.155. The first-order valence-electron chi connectivity index (χ1n) is 16.9. The number of nitrogens with one attached hydrogen (secondary N) is 1. The summed E-state index contributed by atoms with van der Waals surface area (Å²) < 4.78 is 17.8. The molecule has 6 rings (SSSR count). The highest BCUT2D eigenvalue weighted by Crippen LogP contribution is 2.38. The number of nitrogens with zero attached hydrogens (tertiary/aromatic N) is 4. The monoisotopic (exact) mass is 673 g/mol. The number of likely N-dealkylation sites (tertiary alicyclic amines) is 1. The molecule has 1 saturated heterocycles. The van der Waals surface area contributed by atoms with E-state index in [-0.39, 0.29) is 37.0 Å². The topological polar surface area (TPSA) is 116 Å². The van der Waals surface area contributed by atoms with Gasteiger partial charge in [0.15, 0.2) is 0 Å². The normalized spacial score (nSPS) is 16.1. The van der Waals surface area contributed by atoms with E-state index in [1.807, 2.05) is 107 Å². The number of piperidine rings is 1. The zero-order valence-corrected chi connectivity index (χ0v) is 29.2. The molecule has 1 aliphatic rings. The van der Waals surface area contributed by atoms with Crippen molar-refractivity contribution in [2.75, 3.05) is 18.4 Å². The molecule has 3 heterocycles. The minimum absolute atomic E-state index is 0.0592. The lowest BCUT2D eigenvalue weighted by Gasteiger charge is -2.36. The number of anilines is 1. The predicted octanol–water partition coefficient (Wildman–Crippen LogP) is 8.14. The van der Waals surface area contributed by atoms with E-state index in [4.69, 9.17) is 19.2 Å². The molecule has 0 spiro atoms. The molecule has 1 N–H and O–H groups in total. The molecule has 0 saturated carbocycles. The Morgan fingerprint density at radius 1 is 0.900 bits per heavy atom. The van der Waals surface area contributed by atoms with Crippen LogP contribution in [0.1, 0.15) is 50.8 Å². The minimum Gasteiger partial charge on any atom is -0.460 e. The number of hydrogen-bond donors (Lipinski definition) is 1. The summed E-state index contributed by atoms with van der Waals surface area (Å²) in [5.41, 5.74) is 3.49. The van der Waals surface area contributed by atoms with Crippen LogP contribution in [0, 0.1) is 12.8 Å². The molecular formula is C40H43N5O5. The summed E-state index contributed by atoms with van der Waals surface area (Å²) in [6, 6.07) is 25.0. The highest BCUT2D eigenvalue weighted by atomic mass is 16.6. The summed E-state index contributed by atoms with van der Waals surface area (Å²) in [4.78, 5) is 41.4. The molecule has 0 aliphatic carbocycles. The standard InChI is InChI=1S/C40H43N5O5/c1-26-21-30(24-45(23-26)39(47)48-25-28-11-7-6-8-12-28)43-38-42-20-18-34(44-38)33-15-10-19-41-37(33)49-36-27(2)16-17-31-29(13-9-14-32(31)36)22-35(46)50-40(3,4)5/h6-20,26,30H,21-25H2,1-5H3,(H,42,43,44)/t26-,30+/m1/s1. The molecule has 0 radical (unpaired) electrons. The van der Waals surface area contributed by atoms with Crippen LogP contribution >= 0.6 is 0 Å². The summed E-state index contributed by atoms with van der Waals surface area (Å²) in [5, 5.41) is 5.22. The first kappa shape index (κ1) is 34.4. The largest absolute Gasteiger partial charge is 0.460 e. The first-order valence-corrected chi connectivity index (χ1v) is 16.9. The lowest BCUT2D eigenvalue weighted by Crippen LogP contribution is -2.48. The van der Waals surface area contributed by atoms with Gasteiger partial charge in [0.1, 0.15) is 18.0 Å². The Labute approximate surface area is 292 Å². The number of amides is 1. The molecule has 0 unspecified atom stereocenters. The van der Waals surface area contributed by atoms with Gasteiger partial charge in [-0.15, -0.1) is 0 Å². The minimum atomic E-state index is -0.565. The predicted molar refractivity (Wildman–Crippen MR) is 193 cm³/mol. The van der Waals surface area contributed by atoms with Gasteiger partial charge in [0.25, 0.3) is 0 Å². The van der Waals surface area contributed by atoms with Crippen LogP contribution in [-0.2, 0) is 27.3 Å². The second kappa shape index (κ2) is 14.9. The van der Waals surface area contributed by atoms with Crippen LogP contribution in [0.5, 0.6) is 11.6 Å². The number of esters is 1. The van der Waals surface area contributed by atoms with E-state index < -0.39 is 5.60 Å². The number of benzene rings is 3. The molecule has 1 amide bonds. The van der Waals surface area contributed by atoms with Crippen molar-refractivity contribution >= 4 is 28.8 Å². The van der Waals surface area contributed by atoms with Gasteiger partial charge in [-0.3, -0.25) is 4.79 Å². The van der Waals surface area contributed by atoms with Crippen LogP contribution in [0.25, 0.3) is 22.0 Å². The molecule has 2 atom stereocenters. The molecule has 10 heteroatoms. The molecule has 1 aliphatic heterocycles. The second-order valence-electron chi connectivity index (χ2n) is 13.8. The number of rotatable bonds is 9. The van der Waals surface area contributed by atoms with Gasteiger partial charge < -0.3 is 24.4 Å². The fraction of sp³-hybridized carbons (Fsp3) is 0.325. The maximum atomic E-state index is 13.0. The number of carbonyl (C=O) groups excluding carboxylic acids is 2. The summed E-state index contributed by atoms with van der Waals surface area (Å²) >= 11 is 0. The fourth-order valence-electron chi connectivity index (χ4n) is 6.27. The van der Waals surface area contributed by atoms with E-state index in [0.717, 1.165) is 33.9 Å². The van der Waals surface area contributed by atoms with Crippen molar-refractivity contribution in [3.8, 4) is 22.9 Å². The van der Waals surface area contributed by atoms with Crippen LogP contribution in [-0.4, -0.2) is 56.6 Å². The third-order valence-electron chi connectivity index (χ3n) is 8.41. The molecule has 1 fully saturated rings. The smallest absolute Gasteiger partial charge is 0.410 e. The van der Waals surface area contributed by atoms with Crippen molar-refractivity contribution in [3.05, 3.63) is 108 Å². The van der Waals surface area contributed by atoms with Gasteiger partial charge in [0.05, 0.1) is 17.7 Å². The Bertz CT molecular complexity index is 1980. The third-order valence-corrected chi connectivity index (χ3v) is 8.41. The maximum Gasteiger partial charge on any atom is 0.410 e. The average molecular weight is 674 g/mol. The zero-order chi connectivity index (χ0) is 35.3. The van der Waals surface area contributed by atoms with Crippen LogP contribution in [0.15, 0.2) is 91.3 Å². The zero-order valence-electron chi connectivity index (χ0n) is 29.2. The Hall–Kier alpha value is -5.51. The lowest BCUT2D eigenvalue weighted by atomic mass is 9.96. The van der Waals surface area contributed by atoms with E-state index in [2.05, 4.69) is 22.2 Å². The fourth-order valence-corrected chi connectivity index (χ4v) is 6.27. The van der Waals surface area contributed by atoms with Gasteiger partial charge in [0, 0.05) is 36.9 Å². The highest BCUT2D eigenvalue weighted by molar-refractivity contribution is 5.94. The van der Waals surface area contributed by atoms with Gasteiger partial charge in [-0.1, -0.05) is 67.6 Å². The van der Waals surface area contributed by atoms with E-state index >= 15 is 0 Å². The molecule has 10 nitrogen and oxygen atoms in total. The Kier molecular flexibility index (Phi) is 10.3. The van der Waals surface area contributed by atoms with Gasteiger partial charge in [-0.25, -0.2) is 19.7 Å². The van der Waals surface area contributed by atoms with Crippen LogP contribution in [0.2, 0.25) is 0 Å². The summed E-state index contributed by atoms with van der Waals surface area (Å²) in [6.07, 6.45) is 4.05.